The second-order valence-corrected chi connectivity index (χ2v) is 5.88. The van der Waals surface area contributed by atoms with E-state index in [1.807, 2.05) is 0 Å². The molecule has 0 amide bonds. The maximum Gasteiger partial charge on any atom is 0.336 e. The fourth-order valence-corrected chi connectivity index (χ4v) is 2.52. The molecule has 5 nitrogen and oxygen atoms in total. The molecule has 24 heavy (non-hydrogen) atoms. The summed E-state index contributed by atoms with van der Waals surface area (Å²) in [5.41, 5.74) is 1.40. The van der Waals surface area contributed by atoms with E-state index in [0.717, 1.165) is 5.56 Å². The molecule has 0 spiro atoms. The van der Waals surface area contributed by atoms with Crippen molar-refractivity contribution in [1.29, 1.82) is 0 Å². The lowest BCUT2D eigenvalue weighted by Crippen LogP contribution is -2.06. The number of esters is 1. The van der Waals surface area contributed by atoms with Crippen molar-refractivity contribution in [2.24, 2.45) is 5.16 Å². The molecule has 0 heterocycles. The van der Waals surface area contributed by atoms with Crippen LogP contribution in [0.4, 0.5) is 0 Å². The Morgan fingerprint density at radius 1 is 1.25 bits per heavy atom. The number of carbonyl (C=O) groups excluding carboxylic acids is 1. The van der Waals surface area contributed by atoms with Crippen LogP contribution in [-0.2, 0) is 4.79 Å². The van der Waals surface area contributed by atoms with E-state index in [1.54, 1.807) is 42.5 Å². The lowest BCUT2D eigenvalue weighted by atomic mass is 10.2. The van der Waals surface area contributed by atoms with Gasteiger partial charge in [-0.15, -0.1) is 0 Å². The minimum absolute atomic E-state index is 0.235. The van der Waals surface area contributed by atoms with Gasteiger partial charge < -0.3 is 14.7 Å². The van der Waals surface area contributed by atoms with Crippen molar-refractivity contribution in [2.45, 2.75) is 0 Å². The van der Waals surface area contributed by atoms with Gasteiger partial charge in [0.1, 0.15) is 0 Å². The molecule has 0 atom stereocenters. The summed E-state index contributed by atoms with van der Waals surface area (Å²) in [6.45, 7) is 0. The highest BCUT2D eigenvalue weighted by Gasteiger charge is 2.14. The Hall–Kier alpha value is -2.31. The maximum atomic E-state index is 12.0. The van der Waals surface area contributed by atoms with E-state index in [-0.39, 0.29) is 5.75 Å². The lowest BCUT2D eigenvalue weighted by Gasteiger charge is -2.10. The summed E-state index contributed by atoms with van der Waals surface area (Å²) < 4.78 is 11.0. The van der Waals surface area contributed by atoms with Gasteiger partial charge in [0.2, 0.25) is 0 Å². The minimum Gasteiger partial charge on any atom is -0.493 e. The number of ether oxygens (including phenoxy) is 2. The predicted molar refractivity (Wildman–Crippen MR) is 96.2 cm³/mol. The molecule has 124 valence electrons. The zero-order chi connectivity index (χ0) is 17.5. The van der Waals surface area contributed by atoms with Gasteiger partial charge in [-0.2, -0.15) is 0 Å². The van der Waals surface area contributed by atoms with Crippen molar-refractivity contribution in [3.8, 4) is 11.5 Å². The average molecular weight is 411 g/mol. The van der Waals surface area contributed by atoms with Crippen LogP contribution in [0.15, 0.2) is 52.1 Å². The highest BCUT2D eigenvalue weighted by molar-refractivity contribution is 9.10. The van der Waals surface area contributed by atoms with Crippen molar-refractivity contribution in [1.82, 2.24) is 0 Å². The molecule has 1 N–H and O–H groups in total. The summed E-state index contributed by atoms with van der Waals surface area (Å²) in [6, 6.07) is 10.2. The summed E-state index contributed by atoms with van der Waals surface area (Å²) >= 11 is 9.11. The van der Waals surface area contributed by atoms with Gasteiger partial charge in [0.15, 0.2) is 11.5 Å². The molecule has 0 aromatic heterocycles. The molecule has 0 aliphatic rings. The molecule has 0 radical (unpaired) electrons. The summed E-state index contributed by atoms with van der Waals surface area (Å²) in [5.74, 6) is -0.00149. The number of rotatable bonds is 5. The molecule has 0 aliphatic carbocycles. The zero-order valence-electron chi connectivity index (χ0n) is 12.6. The van der Waals surface area contributed by atoms with E-state index in [2.05, 4.69) is 21.1 Å². The van der Waals surface area contributed by atoms with E-state index in [1.165, 1.54) is 19.4 Å². The van der Waals surface area contributed by atoms with Gasteiger partial charge in [-0.1, -0.05) is 28.9 Å². The van der Waals surface area contributed by atoms with Crippen molar-refractivity contribution in [3.63, 3.8) is 0 Å². The third-order valence-corrected chi connectivity index (χ3v) is 3.78. The van der Waals surface area contributed by atoms with Crippen LogP contribution in [0.25, 0.3) is 6.08 Å². The Labute approximate surface area is 152 Å². The lowest BCUT2D eigenvalue weighted by molar-refractivity contribution is -0.129. The Morgan fingerprint density at radius 3 is 2.58 bits per heavy atom. The Morgan fingerprint density at radius 2 is 1.96 bits per heavy atom. The molecule has 2 aromatic carbocycles. The molecule has 0 aliphatic heterocycles. The smallest absolute Gasteiger partial charge is 0.336 e. The van der Waals surface area contributed by atoms with Crippen LogP contribution in [-0.4, -0.2) is 24.5 Å². The van der Waals surface area contributed by atoms with Gasteiger partial charge >= 0.3 is 5.97 Å². The average Bonchev–Trinajstić information content (AvgIpc) is 2.56. The van der Waals surface area contributed by atoms with Crippen LogP contribution in [0.5, 0.6) is 11.5 Å². The first kappa shape index (κ1) is 18.0. The van der Waals surface area contributed by atoms with Gasteiger partial charge in [-0.3, -0.25) is 0 Å². The molecule has 0 fully saturated rings. The third-order valence-electron chi connectivity index (χ3n) is 2.94. The van der Waals surface area contributed by atoms with E-state index >= 15 is 0 Å². The standard InChI is InChI=1S/C17H13BrClNO4/c1-23-15-9-12(10-20-22)8-14(18)17(15)24-16(21)7-4-11-2-5-13(19)6-3-11/h2-10,22H,1H3/b7-4?,20-10+. The molecule has 0 saturated heterocycles. The SMILES string of the molecule is COc1cc(/C=N/O)cc(Br)c1OC(=O)C=Cc1ccc(Cl)cc1. The fraction of sp³-hybridized carbons (Fsp3) is 0.0588. The molecular weight excluding hydrogens is 398 g/mol. The van der Waals surface area contributed by atoms with Gasteiger partial charge in [-0.05, 0) is 51.8 Å². The van der Waals surface area contributed by atoms with Gasteiger partial charge in [0.05, 0.1) is 17.8 Å². The number of halogens is 2. The highest BCUT2D eigenvalue weighted by Crippen LogP contribution is 2.36. The molecule has 0 unspecified atom stereocenters. The largest absolute Gasteiger partial charge is 0.493 e. The normalized spacial score (nSPS) is 11.1. The Balaban J connectivity index is 2.17. The Kier molecular flexibility index (Phi) is 6.40. The third kappa shape index (κ3) is 4.84. The van der Waals surface area contributed by atoms with Crippen LogP contribution in [0.3, 0.4) is 0 Å². The van der Waals surface area contributed by atoms with Crippen molar-refractivity contribution in [2.75, 3.05) is 7.11 Å². The summed E-state index contributed by atoms with van der Waals surface area (Å²) in [6.07, 6.45) is 4.16. The number of oxime groups is 1. The van der Waals surface area contributed by atoms with Crippen LogP contribution in [0.1, 0.15) is 11.1 Å². The molecule has 2 rings (SSSR count). The number of carbonyl (C=O) groups is 1. The van der Waals surface area contributed by atoms with E-state index in [9.17, 15) is 4.79 Å². The monoisotopic (exact) mass is 409 g/mol. The predicted octanol–water partition coefficient (Wildman–Crippen LogP) is 4.54. The number of hydrogen-bond donors (Lipinski definition) is 1. The van der Waals surface area contributed by atoms with Crippen LogP contribution in [0.2, 0.25) is 5.02 Å². The minimum atomic E-state index is -0.562. The molecule has 7 heteroatoms. The quantitative estimate of drug-likeness (QED) is 0.196. The first-order valence-electron chi connectivity index (χ1n) is 6.74. The molecule has 2 aromatic rings. The first-order valence-corrected chi connectivity index (χ1v) is 7.91. The van der Waals surface area contributed by atoms with Gasteiger partial charge in [0, 0.05) is 16.7 Å². The van der Waals surface area contributed by atoms with Gasteiger partial charge in [0.25, 0.3) is 0 Å². The molecular formula is C17H13BrClNO4. The first-order chi connectivity index (χ1) is 11.5. The number of nitrogens with zero attached hydrogens (tertiary/aromatic N) is 1. The summed E-state index contributed by atoms with van der Waals surface area (Å²) in [5, 5.41) is 12.2. The molecule has 0 bridgehead atoms. The Bertz CT molecular complexity index is 788. The van der Waals surface area contributed by atoms with Gasteiger partial charge in [-0.25, -0.2) is 4.79 Å². The topological polar surface area (TPSA) is 68.1 Å². The fourth-order valence-electron chi connectivity index (χ4n) is 1.85. The number of hydrogen-bond acceptors (Lipinski definition) is 5. The maximum absolute atomic E-state index is 12.0. The summed E-state index contributed by atoms with van der Waals surface area (Å²) in [7, 11) is 1.45. The molecule has 0 saturated carbocycles. The van der Waals surface area contributed by atoms with Crippen molar-refractivity contribution >= 4 is 45.8 Å². The summed E-state index contributed by atoms with van der Waals surface area (Å²) in [4.78, 5) is 12.0. The van der Waals surface area contributed by atoms with E-state index in [0.29, 0.717) is 20.8 Å². The zero-order valence-corrected chi connectivity index (χ0v) is 14.9. The van der Waals surface area contributed by atoms with E-state index in [4.69, 9.17) is 26.3 Å². The second-order valence-electron chi connectivity index (χ2n) is 4.58. The van der Waals surface area contributed by atoms with Crippen LogP contribution < -0.4 is 9.47 Å². The second kappa shape index (κ2) is 8.52. The van der Waals surface area contributed by atoms with Crippen LogP contribution in [0, 0.1) is 0 Å². The van der Waals surface area contributed by atoms with Crippen molar-refractivity contribution in [3.05, 3.63) is 63.1 Å². The van der Waals surface area contributed by atoms with Crippen molar-refractivity contribution < 1.29 is 19.5 Å². The number of methoxy groups -OCH3 is 1. The highest BCUT2D eigenvalue weighted by atomic mass is 79.9. The number of benzene rings is 2. The van der Waals surface area contributed by atoms with E-state index < -0.39 is 5.97 Å². The van der Waals surface area contributed by atoms with Crippen LogP contribution >= 0.6 is 27.5 Å².